The van der Waals surface area contributed by atoms with Crippen LogP contribution in [0.25, 0.3) is 0 Å². The Balaban J connectivity index is 2.51. The quantitative estimate of drug-likeness (QED) is 0.593. The monoisotopic (exact) mass is 292 g/mol. The molecule has 0 saturated heterocycles. The molecule has 0 aromatic heterocycles. The second-order valence-corrected chi connectivity index (χ2v) is 5.53. The highest BCUT2D eigenvalue weighted by atomic mass is 16.5. The molecule has 3 nitrogen and oxygen atoms in total. The second-order valence-electron chi connectivity index (χ2n) is 5.53. The lowest BCUT2D eigenvalue weighted by Gasteiger charge is -2.25. The lowest BCUT2D eigenvalue weighted by Crippen LogP contribution is -2.25. The highest BCUT2D eigenvalue weighted by Gasteiger charge is 2.05. The zero-order chi connectivity index (χ0) is 15.3. The average Bonchev–Trinajstić information content (AvgIpc) is 2.53. The summed E-state index contributed by atoms with van der Waals surface area (Å²) in [5.41, 5.74) is 2.69. The highest BCUT2D eigenvalue weighted by Crippen LogP contribution is 2.17. The van der Waals surface area contributed by atoms with Crippen LogP contribution >= 0.6 is 0 Å². The minimum atomic E-state index is 0.764. The standard InChI is InChI=1S/C18H32N2O/c1-4-6-13-20(14-7-5-2)18-10-8-17(9-11-18)16-19-12-15-21-3/h8-11,19H,4-7,12-16H2,1-3H3. The van der Waals surface area contributed by atoms with Gasteiger partial charge in [0.05, 0.1) is 6.61 Å². The zero-order valence-corrected chi connectivity index (χ0v) is 14.0. The number of methoxy groups -OCH3 is 1. The van der Waals surface area contributed by atoms with Crippen LogP contribution in [0.2, 0.25) is 0 Å². The Labute approximate surface area is 130 Å². The molecule has 0 aliphatic rings. The van der Waals surface area contributed by atoms with Crippen LogP contribution in [0.4, 0.5) is 5.69 Å². The van der Waals surface area contributed by atoms with Crippen molar-refractivity contribution in [2.45, 2.75) is 46.1 Å². The van der Waals surface area contributed by atoms with Crippen molar-refractivity contribution in [3.05, 3.63) is 29.8 Å². The number of ether oxygens (including phenoxy) is 1. The van der Waals surface area contributed by atoms with Crippen LogP contribution in [0, 0.1) is 0 Å². The Bertz CT molecular complexity index is 343. The van der Waals surface area contributed by atoms with E-state index in [1.165, 1.54) is 50.0 Å². The van der Waals surface area contributed by atoms with Gasteiger partial charge >= 0.3 is 0 Å². The van der Waals surface area contributed by atoms with Gasteiger partial charge in [0.2, 0.25) is 0 Å². The molecule has 0 aliphatic carbocycles. The minimum absolute atomic E-state index is 0.764. The van der Waals surface area contributed by atoms with E-state index in [0.717, 1.165) is 19.7 Å². The molecule has 0 amide bonds. The van der Waals surface area contributed by atoms with Crippen LogP contribution in [0.5, 0.6) is 0 Å². The summed E-state index contributed by atoms with van der Waals surface area (Å²) >= 11 is 0. The first kappa shape index (κ1) is 18.0. The predicted molar refractivity (Wildman–Crippen MR) is 92.1 cm³/mol. The Kier molecular flexibility index (Phi) is 9.92. The predicted octanol–water partition coefficient (Wildman–Crippen LogP) is 3.83. The zero-order valence-electron chi connectivity index (χ0n) is 14.0. The topological polar surface area (TPSA) is 24.5 Å². The molecule has 0 fully saturated rings. The molecular weight excluding hydrogens is 260 g/mol. The first-order valence-corrected chi connectivity index (χ1v) is 8.35. The summed E-state index contributed by atoms with van der Waals surface area (Å²) in [5, 5.41) is 3.38. The Hall–Kier alpha value is -1.06. The van der Waals surface area contributed by atoms with E-state index in [1.54, 1.807) is 7.11 Å². The summed E-state index contributed by atoms with van der Waals surface area (Å²) in [7, 11) is 1.73. The van der Waals surface area contributed by atoms with Crippen LogP contribution < -0.4 is 10.2 Å². The fraction of sp³-hybridized carbons (Fsp3) is 0.667. The molecule has 1 rings (SSSR count). The van der Waals surface area contributed by atoms with Gasteiger partial charge in [0.1, 0.15) is 0 Å². The molecule has 0 aliphatic heterocycles. The number of nitrogens with zero attached hydrogens (tertiary/aromatic N) is 1. The summed E-state index contributed by atoms with van der Waals surface area (Å²) in [6, 6.07) is 9.00. The maximum absolute atomic E-state index is 5.04. The van der Waals surface area contributed by atoms with Gasteiger partial charge in [0.15, 0.2) is 0 Å². The van der Waals surface area contributed by atoms with E-state index in [2.05, 4.69) is 48.3 Å². The molecule has 0 spiro atoms. The molecule has 0 atom stereocenters. The lowest BCUT2D eigenvalue weighted by molar-refractivity contribution is 0.199. The third-order valence-electron chi connectivity index (χ3n) is 3.68. The molecule has 120 valence electrons. The third-order valence-corrected chi connectivity index (χ3v) is 3.68. The van der Waals surface area contributed by atoms with Gasteiger partial charge in [-0.2, -0.15) is 0 Å². The van der Waals surface area contributed by atoms with Gasteiger partial charge in [-0.25, -0.2) is 0 Å². The number of hydrogen-bond acceptors (Lipinski definition) is 3. The largest absolute Gasteiger partial charge is 0.383 e. The minimum Gasteiger partial charge on any atom is -0.383 e. The molecule has 0 bridgehead atoms. The molecule has 1 aromatic rings. The van der Waals surface area contributed by atoms with Crippen molar-refractivity contribution in [3.8, 4) is 0 Å². The molecule has 0 unspecified atom stereocenters. The van der Waals surface area contributed by atoms with Crippen molar-refractivity contribution in [1.82, 2.24) is 5.32 Å². The van der Waals surface area contributed by atoms with Gasteiger partial charge in [0, 0.05) is 39.0 Å². The van der Waals surface area contributed by atoms with E-state index in [-0.39, 0.29) is 0 Å². The van der Waals surface area contributed by atoms with Crippen LogP contribution in [0.3, 0.4) is 0 Å². The third kappa shape index (κ3) is 7.49. The van der Waals surface area contributed by atoms with Gasteiger partial charge in [-0.15, -0.1) is 0 Å². The molecule has 1 aromatic carbocycles. The van der Waals surface area contributed by atoms with Crippen LogP contribution in [-0.4, -0.2) is 33.4 Å². The van der Waals surface area contributed by atoms with Crippen molar-refractivity contribution in [3.63, 3.8) is 0 Å². The van der Waals surface area contributed by atoms with Gasteiger partial charge in [-0.1, -0.05) is 38.8 Å². The molecule has 21 heavy (non-hydrogen) atoms. The number of anilines is 1. The molecular formula is C18H32N2O. The number of rotatable bonds is 12. The SMILES string of the molecule is CCCCN(CCCC)c1ccc(CNCCOC)cc1. The van der Waals surface area contributed by atoms with E-state index < -0.39 is 0 Å². The number of nitrogens with one attached hydrogen (secondary N) is 1. The lowest BCUT2D eigenvalue weighted by atomic mass is 10.1. The van der Waals surface area contributed by atoms with Crippen molar-refractivity contribution in [2.24, 2.45) is 0 Å². The smallest absolute Gasteiger partial charge is 0.0587 e. The first-order chi connectivity index (χ1) is 10.3. The van der Waals surface area contributed by atoms with Gasteiger partial charge in [-0.05, 0) is 30.5 Å². The van der Waals surface area contributed by atoms with E-state index >= 15 is 0 Å². The number of unbranched alkanes of at least 4 members (excludes halogenated alkanes) is 2. The maximum Gasteiger partial charge on any atom is 0.0587 e. The van der Waals surface area contributed by atoms with Gasteiger partial charge < -0.3 is 15.0 Å². The van der Waals surface area contributed by atoms with E-state index in [0.29, 0.717) is 0 Å². The molecule has 0 heterocycles. The molecule has 0 saturated carbocycles. The van der Waals surface area contributed by atoms with Crippen molar-refractivity contribution in [2.75, 3.05) is 38.3 Å². The summed E-state index contributed by atoms with van der Waals surface area (Å²) < 4.78 is 5.04. The Morgan fingerprint density at radius 1 is 1.00 bits per heavy atom. The molecule has 1 N–H and O–H groups in total. The highest BCUT2D eigenvalue weighted by molar-refractivity contribution is 5.47. The van der Waals surface area contributed by atoms with E-state index in [4.69, 9.17) is 4.74 Å². The Morgan fingerprint density at radius 3 is 2.14 bits per heavy atom. The van der Waals surface area contributed by atoms with Crippen molar-refractivity contribution < 1.29 is 4.74 Å². The van der Waals surface area contributed by atoms with Crippen LogP contribution in [0.1, 0.15) is 45.1 Å². The number of hydrogen-bond donors (Lipinski definition) is 1. The first-order valence-electron chi connectivity index (χ1n) is 8.35. The summed E-state index contributed by atoms with van der Waals surface area (Å²) in [6.07, 6.45) is 5.04. The second kappa shape index (κ2) is 11.6. The summed E-state index contributed by atoms with van der Waals surface area (Å²) in [5.74, 6) is 0. The van der Waals surface area contributed by atoms with Crippen LogP contribution in [-0.2, 0) is 11.3 Å². The number of benzene rings is 1. The normalized spacial score (nSPS) is 10.8. The summed E-state index contributed by atoms with van der Waals surface area (Å²) in [4.78, 5) is 2.52. The van der Waals surface area contributed by atoms with Gasteiger partial charge in [-0.3, -0.25) is 0 Å². The molecule has 0 radical (unpaired) electrons. The van der Waals surface area contributed by atoms with Crippen molar-refractivity contribution >= 4 is 5.69 Å². The Morgan fingerprint density at radius 2 is 1.62 bits per heavy atom. The van der Waals surface area contributed by atoms with Crippen molar-refractivity contribution in [1.29, 1.82) is 0 Å². The fourth-order valence-electron chi connectivity index (χ4n) is 2.30. The van der Waals surface area contributed by atoms with E-state index in [1.807, 2.05) is 0 Å². The average molecular weight is 292 g/mol. The van der Waals surface area contributed by atoms with Crippen LogP contribution in [0.15, 0.2) is 24.3 Å². The van der Waals surface area contributed by atoms with Gasteiger partial charge in [0.25, 0.3) is 0 Å². The maximum atomic E-state index is 5.04. The van der Waals surface area contributed by atoms with E-state index in [9.17, 15) is 0 Å². The fourth-order valence-corrected chi connectivity index (χ4v) is 2.30. The summed E-state index contributed by atoms with van der Waals surface area (Å²) in [6.45, 7) is 9.42. The molecule has 3 heteroatoms.